The molecule has 0 bridgehead atoms. The van der Waals surface area contributed by atoms with E-state index in [1.54, 1.807) is 14.1 Å². The van der Waals surface area contributed by atoms with Crippen molar-refractivity contribution >= 4 is 11.9 Å². The number of hydrogen-bond donors (Lipinski definition) is 2. The van der Waals surface area contributed by atoms with Crippen molar-refractivity contribution in [3.05, 3.63) is 17.3 Å². The highest BCUT2D eigenvalue weighted by Crippen LogP contribution is 2.11. The number of unbranched alkanes of at least 4 members (excludes halogenated alkanes) is 1. The average Bonchev–Trinajstić information content (AvgIpc) is 2.94. The van der Waals surface area contributed by atoms with Crippen molar-refractivity contribution in [2.75, 3.05) is 27.2 Å². The molecule has 0 spiro atoms. The number of rotatable bonds is 10. The second-order valence-electron chi connectivity index (χ2n) is 6.85. The van der Waals surface area contributed by atoms with Gasteiger partial charge >= 0.3 is 0 Å². The summed E-state index contributed by atoms with van der Waals surface area (Å²) in [6.45, 7) is 9.61. The minimum absolute atomic E-state index is 0.0352. The van der Waals surface area contributed by atoms with Crippen LogP contribution in [0.4, 0.5) is 0 Å². The normalized spacial score (nSPS) is 12.8. The Hall–Kier alpha value is -2.05. The van der Waals surface area contributed by atoms with E-state index in [1.807, 2.05) is 13.8 Å². The zero-order chi connectivity index (χ0) is 19.5. The van der Waals surface area contributed by atoms with Gasteiger partial charge in [0.15, 0.2) is 5.96 Å². The van der Waals surface area contributed by atoms with E-state index in [2.05, 4.69) is 34.5 Å². The van der Waals surface area contributed by atoms with E-state index in [9.17, 15) is 4.79 Å². The van der Waals surface area contributed by atoms with E-state index in [0.717, 1.165) is 24.4 Å². The molecule has 0 aromatic carbocycles. The third-order valence-corrected chi connectivity index (χ3v) is 4.45. The number of amides is 1. The maximum absolute atomic E-state index is 11.8. The van der Waals surface area contributed by atoms with Gasteiger partial charge in [-0.05, 0) is 26.2 Å². The van der Waals surface area contributed by atoms with Crippen LogP contribution in [0, 0.1) is 19.8 Å². The van der Waals surface area contributed by atoms with Crippen LogP contribution < -0.4 is 10.6 Å². The molecular weight excluding hydrogens is 330 g/mol. The number of aromatic nitrogens is 1. The van der Waals surface area contributed by atoms with Gasteiger partial charge in [0.2, 0.25) is 11.8 Å². The Morgan fingerprint density at radius 3 is 2.54 bits per heavy atom. The molecule has 1 aromatic heterocycles. The minimum atomic E-state index is -0.0352. The van der Waals surface area contributed by atoms with E-state index in [0.29, 0.717) is 24.3 Å². The molecule has 0 aliphatic rings. The third-order valence-electron chi connectivity index (χ3n) is 4.45. The standard InChI is InChI=1S/C19H35N5O2/c1-7-9-10-16(8-2)11-20-19(22-13-18(25)24(5)6)21-12-17-23-14(3)15(4)26-17/h16H,7-13H2,1-6H3,(H2,20,21,22). The van der Waals surface area contributed by atoms with Crippen LogP contribution in [-0.4, -0.2) is 48.9 Å². The topological polar surface area (TPSA) is 82.8 Å². The summed E-state index contributed by atoms with van der Waals surface area (Å²) in [5.74, 6) is 2.61. The maximum Gasteiger partial charge on any atom is 0.243 e. The Labute approximate surface area is 157 Å². The Kier molecular flexibility index (Phi) is 9.76. The average molecular weight is 366 g/mol. The fourth-order valence-electron chi connectivity index (χ4n) is 2.42. The fraction of sp³-hybridized carbons (Fsp3) is 0.737. The molecule has 1 heterocycles. The van der Waals surface area contributed by atoms with Crippen LogP contribution in [0.25, 0.3) is 0 Å². The smallest absolute Gasteiger partial charge is 0.243 e. The van der Waals surface area contributed by atoms with Gasteiger partial charge in [0.1, 0.15) is 12.3 Å². The summed E-state index contributed by atoms with van der Waals surface area (Å²) < 4.78 is 5.60. The molecule has 7 nitrogen and oxygen atoms in total. The second-order valence-corrected chi connectivity index (χ2v) is 6.85. The van der Waals surface area contributed by atoms with Crippen LogP contribution in [0.2, 0.25) is 0 Å². The van der Waals surface area contributed by atoms with Crippen LogP contribution in [0.1, 0.15) is 56.9 Å². The van der Waals surface area contributed by atoms with Crippen LogP contribution >= 0.6 is 0 Å². The van der Waals surface area contributed by atoms with Gasteiger partial charge in [0.05, 0.1) is 12.2 Å². The first kappa shape index (κ1) is 22.0. The Balaban J connectivity index is 2.67. The van der Waals surface area contributed by atoms with Crippen molar-refractivity contribution in [3.63, 3.8) is 0 Å². The van der Waals surface area contributed by atoms with Gasteiger partial charge in [-0.1, -0.05) is 33.1 Å². The first-order valence-electron chi connectivity index (χ1n) is 9.52. The number of hydrogen-bond acceptors (Lipinski definition) is 4. The molecule has 0 saturated carbocycles. The summed E-state index contributed by atoms with van der Waals surface area (Å²) in [5, 5.41) is 6.58. The highest BCUT2D eigenvalue weighted by Gasteiger charge is 2.11. The van der Waals surface area contributed by atoms with E-state index in [-0.39, 0.29) is 12.5 Å². The van der Waals surface area contributed by atoms with Gasteiger partial charge in [-0.15, -0.1) is 0 Å². The van der Waals surface area contributed by atoms with Gasteiger partial charge in [-0.3, -0.25) is 4.79 Å². The molecule has 1 aromatic rings. The number of likely N-dealkylation sites (N-methyl/N-ethyl adjacent to an activating group) is 1. The van der Waals surface area contributed by atoms with Crippen molar-refractivity contribution in [1.82, 2.24) is 20.5 Å². The molecule has 0 saturated heterocycles. The summed E-state index contributed by atoms with van der Waals surface area (Å²) in [4.78, 5) is 22.2. The Morgan fingerprint density at radius 1 is 1.27 bits per heavy atom. The number of nitrogens with one attached hydrogen (secondary N) is 2. The number of guanidine groups is 1. The summed E-state index contributed by atoms with van der Waals surface area (Å²) in [5.41, 5.74) is 0.890. The summed E-state index contributed by atoms with van der Waals surface area (Å²) >= 11 is 0. The molecule has 2 N–H and O–H groups in total. The van der Waals surface area contributed by atoms with Crippen molar-refractivity contribution in [2.24, 2.45) is 10.9 Å². The lowest BCUT2D eigenvalue weighted by atomic mass is 9.99. The van der Waals surface area contributed by atoms with Gasteiger partial charge in [0.25, 0.3) is 0 Å². The number of carbonyl (C=O) groups is 1. The van der Waals surface area contributed by atoms with Crippen molar-refractivity contribution in [3.8, 4) is 0 Å². The number of aryl methyl sites for hydroxylation is 2. The van der Waals surface area contributed by atoms with Crippen molar-refractivity contribution < 1.29 is 9.21 Å². The van der Waals surface area contributed by atoms with E-state index >= 15 is 0 Å². The Bertz CT molecular complexity index is 561. The predicted molar refractivity (Wildman–Crippen MR) is 105 cm³/mol. The molecule has 0 aliphatic heterocycles. The first-order valence-corrected chi connectivity index (χ1v) is 9.52. The minimum Gasteiger partial charge on any atom is -0.444 e. The molecule has 1 amide bonds. The molecule has 1 rings (SSSR count). The first-order chi connectivity index (χ1) is 12.4. The van der Waals surface area contributed by atoms with Crippen LogP contribution in [0.15, 0.2) is 9.41 Å². The lowest BCUT2D eigenvalue weighted by Crippen LogP contribution is -2.40. The molecule has 148 valence electrons. The van der Waals surface area contributed by atoms with Gasteiger partial charge in [-0.25, -0.2) is 9.98 Å². The van der Waals surface area contributed by atoms with Crippen LogP contribution in [0.5, 0.6) is 0 Å². The number of oxazole rings is 1. The molecule has 1 atom stereocenters. The van der Waals surface area contributed by atoms with Crippen molar-refractivity contribution in [1.29, 1.82) is 0 Å². The number of nitrogens with zero attached hydrogens (tertiary/aromatic N) is 3. The van der Waals surface area contributed by atoms with Crippen molar-refractivity contribution in [2.45, 2.75) is 59.9 Å². The maximum atomic E-state index is 11.8. The lowest BCUT2D eigenvalue weighted by Gasteiger charge is -2.18. The van der Waals surface area contributed by atoms with Gasteiger partial charge in [0, 0.05) is 20.6 Å². The zero-order valence-electron chi connectivity index (χ0n) is 17.2. The largest absolute Gasteiger partial charge is 0.444 e. The van der Waals surface area contributed by atoms with Crippen LogP contribution in [0.3, 0.4) is 0 Å². The fourth-order valence-corrected chi connectivity index (χ4v) is 2.42. The highest BCUT2D eigenvalue weighted by atomic mass is 16.4. The molecule has 0 fully saturated rings. The third kappa shape index (κ3) is 7.89. The number of aliphatic imine (C=N–C) groups is 1. The summed E-state index contributed by atoms with van der Waals surface area (Å²) in [6.07, 6.45) is 4.75. The second kappa shape index (κ2) is 11.5. The van der Waals surface area contributed by atoms with Gasteiger partial charge < -0.3 is 20.0 Å². The van der Waals surface area contributed by atoms with Crippen LogP contribution in [-0.2, 0) is 11.3 Å². The van der Waals surface area contributed by atoms with E-state index < -0.39 is 0 Å². The molecule has 7 heteroatoms. The Morgan fingerprint density at radius 2 is 2.00 bits per heavy atom. The molecule has 1 unspecified atom stereocenters. The predicted octanol–water partition coefficient (Wildman–Crippen LogP) is 2.63. The highest BCUT2D eigenvalue weighted by molar-refractivity contribution is 5.84. The van der Waals surface area contributed by atoms with E-state index in [4.69, 9.17) is 4.42 Å². The molecule has 26 heavy (non-hydrogen) atoms. The summed E-state index contributed by atoms with van der Waals surface area (Å²) in [7, 11) is 3.46. The molecule has 0 aliphatic carbocycles. The van der Waals surface area contributed by atoms with E-state index in [1.165, 1.54) is 24.2 Å². The van der Waals surface area contributed by atoms with Gasteiger partial charge in [-0.2, -0.15) is 0 Å². The lowest BCUT2D eigenvalue weighted by molar-refractivity contribution is -0.127. The number of carbonyl (C=O) groups excluding carboxylic acids is 1. The monoisotopic (exact) mass is 365 g/mol. The quantitative estimate of drug-likeness (QED) is 0.492. The zero-order valence-corrected chi connectivity index (χ0v) is 17.2. The SMILES string of the molecule is CCCCC(CC)CNC(=NCC(=O)N(C)C)NCc1nc(C)c(C)o1. The molecule has 0 radical (unpaired) electrons. The molecular formula is C19H35N5O2. The summed E-state index contributed by atoms with van der Waals surface area (Å²) in [6, 6.07) is 0.